The molecule has 0 saturated heterocycles. The Balaban J connectivity index is 2.36. The van der Waals surface area contributed by atoms with Gasteiger partial charge in [0.1, 0.15) is 11.5 Å². The van der Waals surface area contributed by atoms with Crippen LogP contribution in [0.15, 0.2) is 36.4 Å². The van der Waals surface area contributed by atoms with Gasteiger partial charge >= 0.3 is 17.8 Å². The minimum atomic E-state index is -5.61. The molecule has 2 N–H and O–H groups in total. The van der Waals surface area contributed by atoms with Gasteiger partial charge in [0.25, 0.3) is 0 Å². The van der Waals surface area contributed by atoms with Crippen LogP contribution in [0.4, 0.5) is 26.3 Å². The van der Waals surface area contributed by atoms with Gasteiger partial charge in [0, 0.05) is 11.1 Å². The number of phenols is 2. The molecule has 0 saturated carbocycles. The lowest BCUT2D eigenvalue weighted by Crippen LogP contribution is -2.43. The molecule has 0 spiro atoms. The van der Waals surface area contributed by atoms with E-state index >= 15 is 0 Å². The van der Waals surface area contributed by atoms with Gasteiger partial charge in [0.2, 0.25) is 0 Å². The van der Waals surface area contributed by atoms with E-state index in [4.69, 9.17) is 0 Å². The van der Waals surface area contributed by atoms with Crippen LogP contribution in [0.3, 0.4) is 0 Å². The van der Waals surface area contributed by atoms with Gasteiger partial charge in [-0.3, -0.25) is 0 Å². The summed E-state index contributed by atoms with van der Waals surface area (Å²) >= 11 is 0. The Morgan fingerprint density at radius 2 is 0.920 bits per heavy atom. The van der Waals surface area contributed by atoms with Crippen LogP contribution in [0.5, 0.6) is 11.5 Å². The smallest absolute Gasteiger partial charge is 0.380 e. The number of phenolic OH excluding ortho intramolecular Hbond substituents is 2. The second-order valence-corrected chi connectivity index (χ2v) is 5.93. The second kappa shape index (κ2) is 4.30. The average Bonchev–Trinajstić information content (AvgIpc) is 2.63. The number of hydrogen-bond acceptors (Lipinski definition) is 2. The van der Waals surface area contributed by atoms with E-state index in [1.165, 1.54) is 0 Å². The van der Waals surface area contributed by atoms with Crippen molar-refractivity contribution in [3.8, 4) is 11.5 Å². The fourth-order valence-corrected chi connectivity index (χ4v) is 3.38. The first-order valence-corrected chi connectivity index (χ1v) is 7.06. The Morgan fingerprint density at radius 1 is 0.560 bits per heavy atom. The molecular formula is C17H8F6O2. The molecule has 0 bridgehead atoms. The summed E-state index contributed by atoms with van der Waals surface area (Å²) in [6, 6.07) is 5.67. The molecule has 0 heterocycles. The molecule has 0 radical (unpaired) electrons. The molecule has 8 heteroatoms. The molecule has 0 amide bonds. The largest absolute Gasteiger partial charge is 0.508 e. The van der Waals surface area contributed by atoms with E-state index < -0.39 is 39.7 Å². The summed E-state index contributed by atoms with van der Waals surface area (Å²) in [6.07, 6.45) is 0. The van der Waals surface area contributed by atoms with Crippen molar-refractivity contribution in [3.63, 3.8) is 0 Å². The maximum atomic E-state index is 14.3. The van der Waals surface area contributed by atoms with Crippen LogP contribution < -0.4 is 0 Å². The Labute approximate surface area is 135 Å². The average molecular weight is 358 g/mol. The van der Waals surface area contributed by atoms with Crippen LogP contribution in [0.25, 0.3) is 21.5 Å². The summed E-state index contributed by atoms with van der Waals surface area (Å²) < 4.78 is 85.0. The SMILES string of the molecule is Oc1ccc2c3c(c4ccc(O)cc4c2c1)C(F)(F)C(F)(F)C3(F)F. The highest BCUT2D eigenvalue weighted by molar-refractivity contribution is 6.12. The number of aromatic hydroxyl groups is 2. The van der Waals surface area contributed by atoms with Crippen molar-refractivity contribution in [1.82, 2.24) is 0 Å². The third-order valence-electron chi connectivity index (χ3n) is 4.50. The molecule has 2 nitrogen and oxygen atoms in total. The van der Waals surface area contributed by atoms with Gasteiger partial charge in [0.05, 0.1) is 0 Å². The minimum absolute atomic E-state index is 0.141. The van der Waals surface area contributed by atoms with Crippen molar-refractivity contribution < 1.29 is 36.6 Å². The molecule has 0 aliphatic heterocycles. The zero-order valence-electron chi connectivity index (χ0n) is 12.1. The second-order valence-electron chi connectivity index (χ2n) is 5.93. The molecule has 4 rings (SSSR count). The van der Waals surface area contributed by atoms with Crippen molar-refractivity contribution in [2.45, 2.75) is 17.8 Å². The number of benzene rings is 3. The lowest BCUT2D eigenvalue weighted by atomic mass is 9.91. The topological polar surface area (TPSA) is 40.5 Å². The van der Waals surface area contributed by atoms with Crippen molar-refractivity contribution in [1.29, 1.82) is 0 Å². The van der Waals surface area contributed by atoms with Gasteiger partial charge in [-0.1, -0.05) is 12.1 Å². The third-order valence-corrected chi connectivity index (χ3v) is 4.50. The standard InChI is InChI=1S/C17H8F6O2/c18-15(19)13-9-3-1-7(24)5-11(9)12-6-8(25)2-4-10(12)14(13)16(20,21)17(15,22)23/h1-6,24-25H. The first-order valence-electron chi connectivity index (χ1n) is 7.06. The van der Waals surface area contributed by atoms with Gasteiger partial charge in [0.15, 0.2) is 0 Å². The van der Waals surface area contributed by atoms with Gasteiger partial charge in [-0.15, -0.1) is 0 Å². The molecule has 130 valence electrons. The lowest BCUT2D eigenvalue weighted by Gasteiger charge is -2.23. The van der Waals surface area contributed by atoms with Crippen LogP contribution >= 0.6 is 0 Å². The molecule has 0 fully saturated rings. The van der Waals surface area contributed by atoms with Gasteiger partial charge in [-0.25, -0.2) is 0 Å². The molecule has 0 atom stereocenters. The number of halogens is 6. The maximum absolute atomic E-state index is 14.3. The van der Waals surface area contributed by atoms with Crippen LogP contribution in [-0.4, -0.2) is 16.1 Å². The fraction of sp³-hybridized carbons (Fsp3) is 0.176. The zero-order chi connectivity index (χ0) is 18.4. The fourth-order valence-electron chi connectivity index (χ4n) is 3.38. The minimum Gasteiger partial charge on any atom is -0.508 e. The van der Waals surface area contributed by atoms with Crippen LogP contribution in [-0.2, 0) is 11.8 Å². The van der Waals surface area contributed by atoms with E-state index in [0.29, 0.717) is 0 Å². The predicted molar refractivity (Wildman–Crippen MR) is 77.5 cm³/mol. The number of alkyl halides is 6. The Morgan fingerprint density at radius 3 is 1.28 bits per heavy atom. The Bertz CT molecular complexity index is 975. The summed E-state index contributed by atoms with van der Waals surface area (Å²) in [4.78, 5) is 0. The van der Waals surface area contributed by atoms with Gasteiger partial charge in [-0.2, -0.15) is 26.3 Å². The summed E-state index contributed by atoms with van der Waals surface area (Å²) in [5, 5.41) is 17.8. The summed E-state index contributed by atoms with van der Waals surface area (Å²) in [5.41, 5.74) is -2.92. The quantitative estimate of drug-likeness (QED) is 0.426. The maximum Gasteiger partial charge on any atom is 0.380 e. The van der Waals surface area contributed by atoms with E-state index in [-0.39, 0.29) is 22.3 Å². The Kier molecular flexibility index (Phi) is 2.73. The number of fused-ring (bicyclic) bond motifs is 6. The first kappa shape index (κ1) is 15.9. The molecule has 3 aromatic rings. The van der Waals surface area contributed by atoms with E-state index in [0.717, 1.165) is 36.4 Å². The van der Waals surface area contributed by atoms with Crippen LogP contribution in [0.2, 0.25) is 0 Å². The van der Waals surface area contributed by atoms with Gasteiger partial charge < -0.3 is 10.2 Å². The van der Waals surface area contributed by atoms with E-state index in [9.17, 15) is 36.6 Å². The highest BCUT2D eigenvalue weighted by atomic mass is 19.3. The highest BCUT2D eigenvalue weighted by Crippen LogP contribution is 2.65. The number of rotatable bonds is 0. The molecule has 1 aliphatic rings. The normalized spacial score (nSPS) is 20.1. The molecule has 3 aromatic carbocycles. The molecule has 0 unspecified atom stereocenters. The van der Waals surface area contributed by atoms with Crippen molar-refractivity contribution in [2.24, 2.45) is 0 Å². The van der Waals surface area contributed by atoms with Crippen molar-refractivity contribution in [2.75, 3.05) is 0 Å². The molecule has 25 heavy (non-hydrogen) atoms. The predicted octanol–water partition coefficient (Wildman–Crippen LogP) is 5.24. The monoisotopic (exact) mass is 358 g/mol. The van der Waals surface area contributed by atoms with E-state index in [2.05, 4.69) is 0 Å². The molecule has 1 aliphatic carbocycles. The summed E-state index contributed by atoms with van der Waals surface area (Å²) in [7, 11) is 0. The summed E-state index contributed by atoms with van der Waals surface area (Å²) in [6.45, 7) is 0. The summed E-state index contributed by atoms with van der Waals surface area (Å²) in [5.74, 6) is -16.5. The van der Waals surface area contributed by atoms with Crippen molar-refractivity contribution in [3.05, 3.63) is 47.5 Å². The molecular weight excluding hydrogens is 350 g/mol. The number of hydrogen-bond donors (Lipinski definition) is 2. The van der Waals surface area contributed by atoms with Crippen LogP contribution in [0.1, 0.15) is 11.1 Å². The van der Waals surface area contributed by atoms with Crippen molar-refractivity contribution >= 4 is 21.5 Å². The zero-order valence-corrected chi connectivity index (χ0v) is 12.1. The van der Waals surface area contributed by atoms with E-state index in [1.807, 2.05) is 0 Å². The van der Waals surface area contributed by atoms with E-state index in [1.54, 1.807) is 0 Å². The highest BCUT2D eigenvalue weighted by Gasteiger charge is 2.79. The Hall–Kier alpha value is -2.64. The molecule has 0 aromatic heterocycles. The van der Waals surface area contributed by atoms with Gasteiger partial charge in [-0.05, 0) is 45.8 Å². The first-order chi connectivity index (χ1) is 11.5. The third kappa shape index (κ3) is 1.66. The van der Waals surface area contributed by atoms with Crippen LogP contribution in [0, 0.1) is 0 Å². The lowest BCUT2D eigenvalue weighted by molar-refractivity contribution is -0.301.